The van der Waals surface area contributed by atoms with E-state index in [1.807, 2.05) is 12.1 Å². The van der Waals surface area contributed by atoms with Crippen LogP contribution in [0.2, 0.25) is 0 Å². The standard InChI is InChI=1S/C23H19N5O3S/c24-8-17-21(15-3-5-16(6-4-15)31-20-12-30-11-19(20)29)18(9-25)23(28-22(17)26)32-13-14-2-1-7-27-10-14/h1-7,10,19-20,29H,11-13H2,(H2,26,28). The van der Waals surface area contributed by atoms with Crippen molar-refractivity contribution in [1.29, 1.82) is 10.5 Å². The van der Waals surface area contributed by atoms with Crippen LogP contribution in [0.25, 0.3) is 11.1 Å². The molecular weight excluding hydrogens is 426 g/mol. The largest absolute Gasteiger partial charge is 0.485 e. The van der Waals surface area contributed by atoms with Crippen LogP contribution in [0.15, 0.2) is 53.8 Å². The Morgan fingerprint density at radius 2 is 1.94 bits per heavy atom. The summed E-state index contributed by atoms with van der Waals surface area (Å²) in [7, 11) is 0. The zero-order valence-corrected chi connectivity index (χ0v) is 17.7. The molecule has 0 radical (unpaired) electrons. The molecule has 1 fully saturated rings. The molecule has 1 aliphatic heterocycles. The van der Waals surface area contributed by atoms with Crippen LogP contribution in [0.4, 0.5) is 5.82 Å². The number of aliphatic hydroxyl groups is 1. The van der Waals surface area contributed by atoms with E-state index in [0.717, 1.165) is 5.56 Å². The molecule has 0 aliphatic carbocycles. The van der Waals surface area contributed by atoms with Crippen molar-refractivity contribution in [3.05, 3.63) is 65.5 Å². The van der Waals surface area contributed by atoms with Gasteiger partial charge in [0.2, 0.25) is 0 Å². The predicted octanol–water partition coefficient (Wildman–Crippen LogP) is 2.90. The molecule has 3 aromatic rings. The highest BCUT2D eigenvalue weighted by Crippen LogP contribution is 2.37. The van der Waals surface area contributed by atoms with E-state index < -0.39 is 12.2 Å². The van der Waals surface area contributed by atoms with E-state index >= 15 is 0 Å². The van der Waals surface area contributed by atoms with Gasteiger partial charge in [-0.05, 0) is 29.3 Å². The van der Waals surface area contributed by atoms with Gasteiger partial charge >= 0.3 is 0 Å². The van der Waals surface area contributed by atoms with Crippen LogP contribution in [-0.4, -0.2) is 40.5 Å². The molecule has 1 aliphatic rings. The van der Waals surface area contributed by atoms with Gasteiger partial charge in [0.1, 0.15) is 46.5 Å². The number of nitrogens with zero attached hydrogens (tertiary/aromatic N) is 4. The lowest BCUT2D eigenvalue weighted by molar-refractivity contribution is 0.0733. The van der Waals surface area contributed by atoms with Gasteiger partial charge in [0.25, 0.3) is 0 Å². The smallest absolute Gasteiger partial charge is 0.150 e. The Kier molecular flexibility index (Phi) is 6.52. The van der Waals surface area contributed by atoms with Gasteiger partial charge in [-0.1, -0.05) is 18.2 Å². The van der Waals surface area contributed by atoms with Crippen molar-refractivity contribution in [2.75, 3.05) is 18.9 Å². The third-order valence-electron chi connectivity index (χ3n) is 4.94. The highest BCUT2D eigenvalue weighted by Gasteiger charge is 2.28. The van der Waals surface area contributed by atoms with Crippen LogP contribution in [0.3, 0.4) is 0 Å². The van der Waals surface area contributed by atoms with Crippen molar-refractivity contribution in [2.45, 2.75) is 23.0 Å². The molecule has 1 aromatic carbocycles. The molecule has 2 atom stereocenters. The van der Waals surface area contributed by atoms with Gasteiger partial charge in [0.05, 0.1) is 18.8 Å². The number of hydrogen-bond donors (Lipinski definition) is 2. The van der Waals surface area contributed by atoms with E-state index in [9.17, 15) is 15.6 Å². The Bertz CT molecular complexity index is 1190. The van der Waals surface area contributed by atoms with Gasteiger partial charge in [-0.3, -0.25) is 4.98 Å². The van der Waals surface area contributed by atoms with Crippen molar-refractivity contribution < 1.29 is 14.6 Å². The van der Waals surface area contributed by atoms with Gasteiger partial charge in [-0.15, -0.1) is 11.8 Å². The SMILES string of the molecule is N#Cc1c(N)nc(SCc2cccnc2)c(C#N)c1-c1ccc(OC2COCC2O)cc1. The number of nitriles is 2. The fourth-order valence-corrected chi connectivity index (χ4v) is 4.27. The van der Waals surface area contributed by atoms with Crippen LogP contribution < -0.4 is 10.5 Å². The second kappa shape index (κ2) is 9.67. The van der Waals surface area contributed by atoms with Crippen LogP contribution in [-0.2, 0) is 10.5 Å². The fourth-order valence-electron chi connectivity index (χ4n) is 3.34. The van der Waals surface area contributed by atoms with Crippen molar-refractivity contribution in [3.63, 3.8) is 0 Å². The highest BCUT2D eigenvalue weighted by atomic mass is 32.2. The summed E-state index contributed by atoms with van der Waals surface area (Å²) in [5, 5.41) is 29.9. The highest BCUT2D eigenvalue weighted by molar-refractivity contribution is 7.98. The molecule has 9 heteroatoms. The summed E-state index contributed by atoms with van der Waals surface area (Å²) in [5.74, 6) is 1.18. The third-order valence-corrected chi connectivity index (χ3v) is 5.99. The van der Waals surface area contributed by atoms with E-state index in [-0.39, 0.29) is 23.6 Å². The lowest BCUT2D eigenvalue weighted by Crippen LogP contribution is -2.29. The Labute approximate surface area is 189 Å². The molecule has 0 amide bonds. The number of nitrogen functional groups attached to an aromatic ring is 1. The van der Waals surface area contributed by atoms with E-state index in [2.05, 4.69) is 22.1 Å². The average molecular weight is 446 g/mol. The van der Waals surface area contributed by atoms with Crippen molar-refractivity contribution in [2.24, 2.45) is 0 Å². The molecule has 160 valence electrons. The lowest BCUT2D eigenvalue weighted by atomic mass is 9.97. The van der Waals surface area contributed by atoms with Gasteiger partial charge in [-0.25, -0.2) is 4.98 Å². The molecule has 1 saturated heterocycles. The van der Waals surface area contributed by atoms with Gasteiger partial charge in [-0.2, -0.15) is 10.5 Å². The summed E-state index contributed by atoms with van der Waals surface area (Å²) in [4.78, 5) is 8.42. The zero-order valence-electron chi connectivity index (χ0n) is 16.9. The molecule has 0 bridgehead atoms. The van der Waals surface area contributed by atoms with Gasteiger partial charge < -0.3 is 20.3 Å². The fraction of sp³-hybridized carbons (Fsp3) is 0.217. The quantitative estimate of drug-likeness (QED) is 0.548. The number of ether oxygens (including phenoxy) is 2. The van der Waals surface area contributed by atoms with Crippen molar-refractivity contribution >= 4 is 17.6 Å². The van der Waals surface area contributed by atoms with Crippen molar-refractivity contribution in [1.82, 2.24) is 9.97 Å². The Morgan fingerprint density at radius 1 is 1.16 bits per heavy atom. The minimum Gasteiger partial charge on any atom is -0.485 e. The summed E-state index contributed by atoms with van der Waals surface area (Å²) in [6.45, 7) is 0.564. The third kappa shape index (κ3) is 4.51. The van der Waals surface area contributed by atoms with E-state index in [1.165, 1.54) is 11.8 Å². The first-order valence-electron chi connectivity index (χ1n) is 9.79. The molecule has 2 aromatic heterocycles. The summed E-state index contributed by atoms with van der Waals surface area (Å²) in [6, 6.07) is 15.0. The topological polar surface area (TPSA) is 138 Å². The monoisotopic (exact) mass is 445 g/mol. The first kappa shape index (κ1) is 21.6. The maximum absolute atomic E-state index is 9.91. The van der Waals surface area contributed by atoms with E-state index in [4.69, 9.17) is 15.2 Å². The summed E-state index contributed by atoms with van der Waals surface area (Å²) in [5.41, 5.74) is 8.59. The summed E-state index contributed by atoms with van der Waals surface area (Å²) in [6.07, 6.45) is 2.33. The first-order valence-corrected chi connectivity index (χ1v) is 10.8. The predicted molar refractivity (Wildman–Crippen MR) is 119 cm³/mol. The summed E-state index contributed by atoms with van der Waals surface area (Å²) < 4.78 is 11.0. The number of thioether (sulfide) groups is 1. The van der Waals surface area contributed by atoms with Crippen LogP contribution in [0.5, 0.6) is 5.75 Å². The van der Waals surface area contributed by atoms with E-state index in [1.54, 1.807) is 36.7 Å². The van der Waals surface area contributed by atoms with Crippen LogP contribution in [0.1, 0.15) is 16.7 Å². The number of hydrogen-bond acceptors (Lipinski definition) is 9. The number of nitrogens with two attached hydrogens (primary N) is 1. The number of anilines is 1. The van der Waals surface area contributed by atoms with Gasteiger partial charge in [0, 0.05) is 23.7 Å². The van der Waals surface area contributed by atoms with Gasteiger partial charge in [0.15, 0.2) is 0 Å². The van der Waals surface area contributed by atoms with Crippen molar-refractivity contribution in [3.8, 4) is 29.0 Å². The zero-order chi connectivity index (χ0) is 22.5. The molecule has 32 heavy (non-hydrogen) atoms. The Morgan fingerprint density at radius 3 is 2.56 bits per heavy atom. The maximum Gasteiger partial charge on any atom is 0.150 e. The maximum atomic E-state index is 9.91. The number of benzene rings is 1. The number of aliphatic hydroxyl groups excluding tert-OH is 1. The van der Waals surface area contributed by atoms with Crippen LogP contribution >= 0.6 is 11.8 Å². The molecule has 4 rings (SSSR count). The number of rotatable bonds is 6. The molecule has 0 saturated carbocycles. The first-order chi connectivity index (χ1) is 15.6. The minimum absolute atomic E-state index is 0.0711. The summed E-state index contributed by atoms with van der Waals surface area (Å²) >= 11 is 1.36. The number of pyridine rings is 2. The molecule has 3 heterocycles. The Balaban J connectivity index is 1.67. The Hall–Kier alpha value is -3.63. The molecule has 2 unspecified atom stereocenters. The molecular formula is C23H19N5O3S. The molecule has 0 spiro atoms. The minimum atomic E-state index is -0.676. The molecule has 3 N–H and O–H groups in total. The van der Waals surface area contributed by atoms with E-state index in [0.29, 0.717) is 34.3 Å². The second-order valence-corrected chi connectivity index (χ2v) is 8.05. The normalized spacial score (nSPS) is 17.5. The lowest BCUT2D eigenvalue weighted by Gasteiger charge is -2.16. The molecule has 8 nitrogen and oxygen atoms in total. The second-order valence-electron chi connectivity index (χ2n) is 7.09. The average Bonchev–Trinajstić information content (AvgIpc) is 3.22. The number of aromatic nitrogens is 2. The van der Waals surface area contributed by atoms with Crippen LogP contribution in [0, 0.1) is 22.7 Å².